The van der Waals surface area contributed by atoms with E-state index in [9.17, 15) is 0 Å². The maximum Gasteiger partial charge on any atom is 0.175 e. The van der Waals surface area contributed by atoms with Gasteiger partial charge in [-0.05, 0) is 59.9 Å². The monoisotopic (exact) mass is 352 g/mol. The minimum Gasteiger partial charge on any atom is -0.332 e. The van der Waals surface area contributed by atoms with E-state index in [0.29, 0.717) is 0 Å². The average Bonchev–Trinajstić information content (AvgIpc) is 2.41. The molecule has 0 aliphatic heterocycles. The number of nitrogens with one attached hydrogen (secondary N) is 1. The second-order valence-corrected chi connectivity index (χ2v) is 4.74. The van der Waals surface area contributed by atoms with Crippen molar-refractivity contribution >= 4 is 58.8 Å². The predicted octanol–water partition coefficient (Wildman–Crippen LogP) is 3.85. The van der Waals surface area contributed by atoms with E-state index in [1.54, 1.807) is 0 Å². The smallest absolute Gasteiger partial charge is 0.175 e. The molecule has 0 radical (unpaired) electrons. The summed E-state index contributed by atoms with van der Waals surface area (Å²) in [7, 11) is 0. The highest BCUT2D eigenvalue weighted by Gasteiger charge is 2.06. The summed E-state index contributed by atoms with van der Waals surface area (Å²) < 4.78 is 2.74. The number of rotatable bonds is 0. The van der Waals surface area contributed by atoms with Gasteiger partial charge >= 0.3 is 0 Å². The largest absolute Gasteiger partial charge is 0.332 e. The van der Waals surface area contributed by atoms with Crippen molar-refractivity contribution in [2.45, 2.75) is 0 Å². The number of benzene rings is 1. The molecule has 0 bridgehead atoms. The molecule has 0 aliphatic rings. The van der Waals surface area contributed by atoms with Crippen LogP contribution in [0.4, 0.5) is 0 Å². The van der Waals surface area contributed by atoms with Gasteiger partial charge in [-0.3, -0.25) is 0 Å². The number of fused-ring (bicyclic) bond motifs is 1. The summed E-state index contributed by atoms with van der Waals surface area (Å²) in [5.41, 5.74) is 1.92. The minimum absolute atomic E-state index is 0.741. The highest BCUT2D eigenvalue weighted by Crippen LogP contribution is 2.29. The predicted molar refractivity (Wildman–Crippen MR) is 59.2 cm³/mol. The van der Waals surface area contributed by atoms with E-state index < -0.39 is 0 Å². The van der Waals surface area contributed by atoms with Crippen molar-refractivity contribution in [3.63, 3.8) is 0 Å². The van der Waals surface area contributed by atoms with Crippen molar-refractivity contribution in [3.05, 3.63) is 25.8 Å². The van der Waals surface area contributed by atoms with E-state index in [2.05, 4.69) is 57.8 Å². The maximum atomic E-state index is 4.26. The van der Waals surface area contributed by atoms with Crippen molar-refractivity contribution in [1.29, 1.82) is 0 Å². The molecule has 1 aromatic heterocycles. The lowest BCUT2D eigenvalue weighted by Gasteiger charge is -1.93. The van der Waals surface area contributed by atoms with Crippen molar-refractivity contribution < 1.29 is 0 Å². The molecular weight excluding hydrogens is 352 g/mol. The fourth-order valence-electron chi connectivity index (χ4n) is 0.999. The first-order valence-corrected chi connectivity index (χ1v) is 5.55. The van der Waals surface area contributed by atoms with Gasteiger partial charge in [-0.1, -0.05) is 0 Å². The van der Waals surface area contributed by atoms with Crippen LogP contribution in [0.1, 0.15) is 0 Å². The average molecular weight is 355 g/mol. The van der Waals surface area contributed by atoms with Crippen LogP contribution in [0.5, 0.6) is 0 Å². The molecule has 12 heavy (non-hydrogen) atoms. The Kier molecular flexibility index (Phi) is 2.27. The Labute approximate surface area is 94.1 Å². The first-order valence-electron chi connectivity index (χ1n) is 3.17. The minimum atomic E-state index is 0.741. The van der Waals surface area contributed by atoms with Crippen LogP contribution >= 0.6 is 47.8 Å². The van der Waals surface area contributed by atoms with E-state index in [-0.39, 0.29) is 0 Å². The van der Waals surface area contributed by atoms with Gasteiger partial charge < -0.3 is 4.98 Å². The molecule has 2 rings (SSSR count). The zero-order valence-electron chi connectivity index (χ0n) is 5.74. The van der Waals surface area contributed by atoms with Crippen LogP contribution in [-0.4, -0.2) is 9.97 Å². The molecule has 0 spiro atoms. The molecule has 0 amide bonds. The molecule has 0 fully saturated rings. The van der Waals surface area contributed by atoms with E-state index in [0.717, 1.165) is 24.7 Å². The van der Waals surface area contributed by atoms with E-state index in [4.69, 9.17) is 0 Å². The van der Waals surface area contributed by atoms with Crippen LogP contribution < -0.4 is 0 Å². The van der Waals surface area contributed by atoms with Gasteiger partial charge in [0.05, 0.1) is 5.52 Å². The summed E-state index contributed by atoms with van der Waals surface area (Å²) in [5.74, 6) is 0. The molecule has 0 saturated heterocycles. The quantitative estimate of drug-likeness (QED) is 0.765. The lowest BCUT2D eigenvalue weighted by atomic mass is 10.3. The first kappa shape index (κ1) is 8.72. The molecule has 2 nitrogen and oxygen atoms in total. The molecule has 1 heterocycles. The Morgan fingerprint density at radius 3 is 2.42 bits per heavy atom. The van der Waals surface area contributed by atoms with E-state index >= 15 is 0 Å². The third kappa shape index (κ3) is 1.34. The van der Waals surface area contributed by atoms with Crippen LogP contribution in [0.15, 0.2) is 25.8 Å². The molecule has 2 aromatic rings. The molecule has 0 unspecified atom stereocenters. The molecule has 5 heteroatoms. The van der Waals surface area contributed by atoms with Gasteiger partial charge in [0.1, 0.15) is 5.52 Å². The number of imidazole rings is 1. The molecule has 0 atom stereocenters. The molecule has 1 N–H and O–H groups in total. The summed E-state index contributed by atoms with van der Waals surface area (Å²) >= 11 is 10.1. The van der Waals surface area contributed by atoms with Gasteiger partial charge in [0.2, 0.25) is 0 Å². The Balaban J connectivity index is 2.93. The molecule has 0 aliphatic carbocycles. The number of aromatic nitrogens is 2. The number of nitrogens with zero attached hydrogens (tertiary/aromatic N) is 1. The van der Waals surface area contributed by atoms with Crippen LogP contribution in [0.3, 0.4) is 0 Å². The standard InChI is InChI=1S/C7H3Br3N2/c8-3-1-2-4(9)6-5(3)11-7(10)12-6/h1-2H,(H,11,12). The molecular formula is C7H3Br3N2. The third-order valence-corrected chi connectivity index (χ3v) is 3.19. The van der Waals surface area contributed by atoms with Crippen molar-refractivity contribution in [2.75, 3.05) is 0 Å². The maximum absolute atomic E-state index is 4.26. The summed E-state index contributed by atoms with van der Waals surface area (Å²) in [4.78, 5) is 7.35. The summed E-state index contributed by atoms with van der Waals surface area (Å²) in [6.45, 7) is 0. The Morgan fingerprint density at radius 1 is 1.08 bits per heavy atom. The van der Waals surface area contributed by atoms with Crippen molar-refractivity contribution in [1.82, 2.24) is 9.97 Å². The number of halogens is 3. The van der Waals surface area contributed by atoms with Gasteiger partial charge in [-0.2, -0.15) is 0 Å². The van der Waals surface area contributed by atoms with Crippen LogP contribution in [0.25, 0.3) is 11.0 Å². The first-order chi connectivity index (χ1) is 5.68. The molecule has 1 aromatic carbocycles. The number of hydrogen-bond donors (Lipinski definition) is 1. The van der Waals surface area contributed by atoms with E-state index in [1.807, 2.05) is 12.1 Å². The van der Waals surface area contributed by atoms with Crippen LogP contribution in [-0.2, 0) is 0 Å². The lowest BCUT2D eigenvalue weighted by molar-refractivity contribution is 1.26. The van der Waals surface area contributed by atoms with Crippen molar-refractivity contribution in [3.8, 4) is 0 Å². The van der Waals surface area contributed by atoms with Gasteiger partial charge in [-0.25, -0.2) is 4.98 Å². The van der Waals surface area contributed by atoms with E-state index in [1.165, 1.54) is 0 Å². The number of H-pyrrole nitrogens is 1. The Bertz CT molecular complexity index is 396. The number of aromatic amines is 1. The third-order valence-electron chi connectivity index (χ3n) is 1.52. The van der Waals surface area contributed by atoms with Gasteiger partial charge in [0.15, 0.2) is 4.73 Å². The second-order valence-electron chi connectivity index (χ2n) is 2.28. The zero-order valence-corrected chi connectivity index (χ0v) is 10.5. The Hall–Kier alpha value is 0.130. The molecule has 62 valence electrons. The topological polar surface area (TPSA) is 28.7 Å². The van der Waals surface area contributed by atoms with Crippen LogP contribution in [0.2, 0.25) is 0 Å². The van der Waals surface area contributed by atoms with Crippen LogP contribution in [0, 0.1) is 0 Å². The summed E-state index contributed by atoms with van der Waals surface area (Å²) in [5, 5.41) is 0. The summed E-state index contributed by atoms with van der Waals surface area (Å²) in [6.07, 6.45) is 0. The fraction of sp³-hybridized carbons (Fsp3) is 0. The summed E-state index contributed by atoms with van der Waals surface area (Å²) in [6, 6.07) is 3.93. The lowest BCUT2D eigenvalue weighted by Crippen LogP contribution is -1.73. The van der Waals surface area contributed by atoms with Gasteiger partial charge in [0, 0.05) is 8.95 Å². The molecule has 0 saturated carbocycles. The SMILES string of the molecule is Brc1nc2c(Br)ccc(Br)c2[nH]1. The zero-order chi connectivity index (χ0) is 8.72. The number of hydrogen-bond acceptors (Lipinski definition) is 1. The fourth-order valence-corrected chi connectivity index (χ4v) is 2.21. The second kappa shape index (κ2) is 3.12. The van der Waals surface area contributed by atoms with Gasteiger partial charge in [0.25, 0.3) is 0 Å². The van der Waals surface area contributed by atoms with Gasteiger partial charge in [-0.15, -0.1) is 0 Å². The highest BCUT2D eigenvalue weighted by atomic mass is 79.9. The normalized spacial score (nSPS) is 10.9. The highest BCUT2D eigenvalue weighted by molar-refractivity contribution is 9.11. The Morgan fingerprint density at radius 2 is 1.75 bits per heavy atom. The van der Waals surface area contributed by atoms with Crippen molar-refractivity contribution in [2.24, 2.45) is 0 Å².